The number of carbonyl (C=O) groups is 1. The van der Waals surface area contributed by atoms with Gasteiger partial charge in [-0.1, -0.05) is 0 Å². The fraction of sp³-hybridized carbons (Fsp3) is 0.417. The SMILES string of the molecule is Cc1csc2c(NCC3CCC(=O)N3)ncnc12. The molecule has 3 heterocycles. The number of aryl methyl sites for hydroxylation is 1. The van der Waals surface area contributed by atoms with Crippen molar-refractivity contribution in [2.24, 2.45) is 0 Å². The molecule has 1 amide bonds. The summed E-state index contributed by atoms with van der Waals surface area (Å²) in [5.74, 6) is 1.00. The Kier molecular flexibility index (Phi) is 2.87. The summed E-state index contributed by atoms with van der Waals surface area (Å²) in [4.78, 5) is 19.7. The molecular formula is C12H14N4OS. The van der Waals surface area contributed by atoms with Crippen LogP contribution < -0.4 is 10.6 Å². The van der Waals surface area contributed by atoms with Crippen molar-refractivity contribution in [3.8, 4) is 0 Å². The van der Waals surface area contributed by atoms with Crippen molar-refractivity contribution in [2.45, 2.75) is 25.8 Å². The Bertz CT molecular complexity index is 595. The summed E-state index contributed by atoms with van der Waals surface area (Å²) in [6, 6.07) is 0.212. The first-order valence-electron chi connectivity index (χ1n) is 5.96. The Balaban J connectivity index is 1.76. The van der Waals surface area contributed by atoms with Gasteiger partial charge in [0.1, 0.15) is 12.1 Å². The minimum atomic E-state index is 0.140. The number of hydrogen-bond donors (Lipinski definition) is 2. The molecule has 0 bridgehead atoms. The Morgan fingerprint density at radius 3 is 3.22 bits per heavy atom. The van der Waals surface area contributed by atoms with E-state index in [1.807, 2.05) is 6.92 Å². The van der Waals surface area contributed by atoms with Gasteiger partial charge in [0.2, 0.25) is 5.91 Å². The van der Waals surface area contributed by atoms with Crippen LogP contribution in [-0.2, 0) is 4.79 Å². The van der Waals surface area contributed by atoms with Crippen LogP contribution in [0.5, 0.6) is 0 Å². The summed E-state index contributed by atoms with van der Waals surface area (Å²) in [5.41, 5.74) is 2.18. The molecule has 3 rings (SSSR count). The van der Waals surface area contributed by atoms with Crippen LogP contribution >= 0.6 is 11.3 Å². The molecule has 1 saturated heterocycles. The second-order valence-corrected chi connectivity index (χ2v) is 5.38. The van der Waals surface area contributed by atoms with Crippen molar-refractivity contribution in [3.63, 3.8) is 0 Å². The van der Waals surface area contributed by atoms with E-state index in [0.29, 0.717) is 6.42 Å². The first-order chi connectivity index (χ1) is 8.74. The maximum Gasteiger partial charge on any atom is 0.220 e. The van der Waals surface area contributed by atoms with Gasteiger partial charge >= 0.3 is 0 Å². The van der Waals surface area contributed by atoms with E-state index in [9.17, 15) is 4.79 Å². The number of hydrogen-bond acceptors (Lipinski definition) is 5. The van der Waals surface area contributed by atoms with E-state index in [1.54, 1.807) is 17.7 Å². The van der Waals surface area contributed by atoms with Crippen LogP contribution in [0.3, 0.4) is 0 Å². The summed E-state index contributed by atoms with van der Waals surface area (Å²) in [7, 11) is 0. The minimum Gasteiger partial charge on any atom is -0.367 e. The minimum absolute atomic E-state index is 0.140. The van der Waals surface area contributed by atoms with Crippen molar-refractivity contribution < 1.29 is 4.79 Å². The average molecular weight is 262 g/mol. The fourth-order valence-corrected chi connectivity index (χ4v) is 3.11. The number of anilines is 1. The highest BCUT2D eigenvalue weighted by molar-refractivity contribution is 7.18. The molecular weight excluding hydrogens is 248 g/mol. The molecule has 18 heavy (non-hydrogen) atoms. The summed E-state index contributed by atoms with van der Waals surface area (Å²) in [5, 5.41) is 8.33. The molecule has 1 aliphatic rings. The van der Waals surface area contributed by atoms with E-state index < -0.39 is 0 Å². The Morgan fingerprint density at radius 1 is 1.56 bits per heavy atom. The van der Waals surface area contributed by atoms with Crippen LogP contribution in [0.4, 0.5) is 5.82 Å². The molecule has 0 radical (unpaired) electrons. The van der Waals surface area contributed by atoms with Crippen molar-refractivity contribution in [1.29, 1.82) is 0 Å². The third-order valence-electron chi connectivity index (χ3n) is 3.13. The van der Waals surface area contributed by atoms with E-state index in [4.69, 9.17) is 0 Å². The van der Waals surface area contributed by atoms with Crippen molar-refractivity contribution in [3.05, 3.63) is 17.3 Å². The van der Waals surface area contributed by atoms with Crippen LogP contribution in [0.1, 0.15) is 18.4 Å². The lowest BCUT2D eigenvalue weighted by atomic mass is 10.2. The molecule has 0 saturated carbocycles. The summed E-state index contributed by atoms with van der Waals surface area (Å²) >= 11 is 1.65. The highest BCUT2D eigenvalue weighted by Gasteiger charge is 2.20. The van der Waals surface area contributed by atoms with Gasteiger partial charge in [-0.05, 0) is 24.3 Å². The van der Waals surface area contributed by atoms with E-state index >= 15 is 0 Å². The van der Waals surface area contributed by atoms with E-state index in [1.165, 1.54) is 5.56 Å². The zero-order chi connectivity index (χ0) is 12.5. The van der Waals surface area contributed by atoms with Gasteiger partial charge in [0.15, 0.2) is 0 Å². The molecule has 5 nitrogen and oxygen atoms in total. The van der Waals surface area contributed by atoms with Gasteiger partial charge in [0, 0.05) is 19.0 Å². The van der Waals surface area contributed by atoms with Crippen molar-refractivity contribution >= 4 is 33.3 Å². The number of aromatic nitrogens is 2. The smallest absolute Gasteiger partial charge is 0.220 e. The van der Waals surface area contributed by atoms with Crippen LogP contribution in [0.15, 0.2) is 11.7 Å². The van der Waals surface area contributed by atoms with Crippen molar-refractivity contribution in [2.75, 3.05) is 11.9 Å². The standard InChI is InChI=1S/C12H14N4OS/c1-7-5-18-11-10(7)14-6-15-12(11)13-4-8-2-3-9(17)16-8/h5-6,8H,2-4H2,1H3,(H,16,17)(H,13,14,15). The summed E-state index contributed by atoms with van der Waals surface area (Å²) in [6.45, 7) is 2.77. The molecule has 1 aliphatic heterocycles. The molecule has 1 atom stereocenters. The van der Waals surface area contributed by atoms with Gasteiger partial charge in [-0.2, -0.15) is 0 Å². The summed E-state index contributed by atoms with van der Waals surface area (Å²) < 4.78 is 1.08. The zero-order valence-electron chi connectivity index (χ0n) is 10.1. The van der Waals surface area contributed by atoms with Gasteiger partial charge in [-0.25, -0.2) is 9.97 Å². The van der Waals surface area contributed by atoms with Crippen LogP contribution in [0.2, 0.25) is 0 Å². The van der Waals surface area contributed by atoms with E-state index in [2.05, 4.69) is 26.0 Å². The van der Waals surface area contributed by atoms with Gasteiger partial charge in [0.05, 0.1) is 10.2 Å². The molecule has 1 unspecified atom stereocenters. The number of rotatable bonds is 3. The van der Waals surface area contributed by atoms with E-state index in [-0.39, 0.29) is 11.9 Å². The van der Waals surface area contributed by atoms with Gasteiger partial charge in [-0.15, -0.1) is 11.3 Å². The number of amides is 1. The Labute approximate surface area is 109 Å². The predicted octanol–water partition coefficient (Wildman–Crippen LogP) is 1.69. The Morgan fingerprint density at radius 2 is 2.44 bits per heavy atom. The largest absolute Gasteiger partial charge is 0.367 e. The number of carbonyl (C=O) groups excluding carboxylic acids is 1. The van der Waals surface area contributed by atoms with Crippen LogP contribution in [0, 0.1) is 6.92 Å². The molecule has 0 spiro atoms. The van der Waals surface area contributed by atoms with Gasteiger partial charge in [-0.3, -0.25) is 4.79 Å². The molecule has 2 aromatic heterocycles. The lowest BCUT2D eigenvalue weighted by Gasteiger charge is -2.11. The maximum atomic E-state index is 11.1. The normalized spacial score (nSPS) is 19.2. The maximum absolute atomic E-state index is 11.1. The monoisotopic (exact) mass is 262 g/mol. The first-order valence-corrected chi connectivity index (χ1v) is 6.84. The van der Waals surface area contributed by atoms with Crippen LogP contribution in [0.25, 0.3) is 10.2 Å². The summed E-state index contributed by atoms with van der Waals surface area (Å²) in [6.07, 6.45) is 3.10. The molecule has 2 aromatic rings. The second-order valence-electron chi connectivity index (χ2n) is 4.50. The third kappa shape index (κ3) is 2.03. The van der Waals surface area contributed by atoms with E-state index in [0.717, 1.165) is 29.0 Å². The molecule has 6 heteroatoms. The second kappa shape index (κ2) is 4.53. The van der Waals surface area contributed by atoms with Gasteiger partial charge < -0.3 is 10.6 Å². The number of thiophene rings is 1. The lowest BCUT2D eigenvalue weighted by molar-refractivity contribution is -0.119. The number of nitrogens with zero attached hydrogens (tertiary/aromatic N) is 2. The third-order valence-corrected chi connectivity index (χ3v) is 4.23. The lowest BCUT2D eigenvalue weighted by Crippen LogP contribution is -2.32. The van der Waals surface area contributed by atoms with Crippen LogP contribution in [-0.4, -0.2) is 28.5 Å². The number of nitrogens with one attached hydrogen (secondary N) is 2. The topological polar surface area (TPSA) is 66.9 Å². The molecule has 2 N–H and O–H groups in total. The zero-order valence-corrected chi connectivity index (χ0v) is 10.9. The highest BCUT2D eigenvalue weighted by atomic mass is 32.1. The first kappa shape index (κ1) is 11.4. The predicted molar refractivity (Wildman–Crippen MR) is 71.8 cm³/mol. The quantitative estimate of drug-likeness (QED) is 0.883. The Hall–Kier alpha value is -1.69. The average Bonchev–Trinajstić information content (AvgIpc) is 2.94. The molecule has 94 valence electrons. The molecule has 1 fully saturated rings. The molecule has 0 aliphatic carbocycles. The fourth-order valence-electron chi connectivity index (χ4n) is 2.15. The molecule has 0 aromatic carbocycles. The van der Waals surface area contributed by atoms with Crippen molar-refractivity contribution in [1.82, 2.24) is 15.3 Å². The highest BCUT2D eigenvalue weighted by Crippen LogP contribution is 2.28. The number of fused-ring (bicyclic) bond motifs is 1. The van der Waals surface area contributed by atoms with Gasteiger partial charge in [0.25, 0.3) is 0 Å².